The fourth-order valence-electron chi connectivity index (χ4n) is 2.71. The van der Waals surface area contributed by atoms with Crippen molar-refractivity contribution >= 4 is 23.5 Å². The summed E-state index contributed by atoms with van der Waals surface area (Å²) < 4.78 is 3.81. The van der Waals surface area contributed by atoms with Gasteiger partial charge < -0.3 is 5.32 Å². The summed E-state index contributed by atoms with van der Waals surface area (Å²) in [5, 5.41) is 7.71. The number of aryl methyl sites for hydroxylation is 2. The van der Waals surface area contributed by atoms with Crippen LogP contribution >= 0.6 is 11.8 Å². The number of nitrogens with one attached hydrogen (secondary N) is 1. The molecule has 0 aliphatic heterocycles. The Labute approximate surface area is 164 Å². The lowest BCUT2D eigenvalue weighted by molar-refractivity contribution is -0.115. The van der Waals surface area contributed by atoms with Crippen LogP contribution in [0.25, 0.3) is 5.69 Å². The molecule has 2 heterocycles. The number of hydrogen-bond acceptors (Lipinski definition) is 4. The van der Waals surface area contributed by atoms with Gasteiger partial charge in [0.05, 0.1) is 11.4 Å². The fourth-order valence-corrected chi connectivity index (χ4v) is 3.60. The smallest absolute Gasteiger partial charge is 0.238 e. The molecule has 0 aliphatic carbocycles. The number of hydrogen-bond donors (Lipinski definition) is 1. The molecular formula is C20H25N5OS. The number of carbonyl (C=O) groups excluding carboxylic acids is 1. The minimum atomic E-state index is -0.298. The van der Waals surface area contributed by atoms with Crippen molar-refractivity contribution < 1.29 is 4.79 Å². The fraction of sp³-hybridized carbons (Fsp3) is 0.350. The van der Waals surface area contributed by atoms with E-state index in [1.54, 1.807) is 17.1 Å². The van der Waals surface area contributed by atoms with E-state index in [4.69, 9.17) is 0 Å². The lowest BCUT2D eigenvalue weighted by atomic mass is 10.1. The summed E-state index contributed by atoms with van der Waals surface area (Å²) in [6.45, 7) is 10.1. The van der Waals surface area contributed by atoms with Crippen LogP contribution in [0.5, 0.6) is 0 Å². The number of nitrogens with zero attached hydrogens (tertiary/aromatic N) is 4. The van der Waals surface area contributed by atoms with Crippen molar-refractivity contribution in [3.63, 3.8) is 0 Å². The van der Waals surface area contributed by atoms with E-state index in [-0.39, 0.29) is 17.2 Å². The maximum Gasteiger partial charge on any atom is 0.238 e. The summed E-state index contributed by atoms with van der Waals surface area (Å²) >= 11 is 1.44. The van der Waals surface area contributed by atoms with Crippen molar-refractivity contribution in [1.29, 1.82) is 0 Å². The third kappa shape index (κ3) is 4.24. The molecule has 2 aromatic heterocycles. The third-order valence-electron chi connectivity index (χ3n) is 4.44. The van der Waals surface area contributed by atoms with Crippen molar-refractivity contribution in [2.24, 2.45) is 0 Å². The van der Waals surface area contributed by atoms with E-state index in [1.807, 2.05) is 37.6 Å². The SMILES string of the molecule is Cc1ccc(-n2ccnc2SC(C)C(=O)Nc2ccnn2C(C)C)cc1C. The van der Waals surface area contributed by atoms with Crippen LogP contribution in [0.3, 0.4) is 0 Å². The highest BCUT2D eigenvalue weighted by Crippen LogP contribution is 2.26. The van der Waals surface area contributed by atoms with E-state index in [1.165, 1.54) is 22.9 Å². The van der Waals surface area contributed by atoms with E-state index in [9.17, 15) is 4.79 Å². The van der Waals surface area contributed by atoms with Crippen molar-refractivity contribution in [3.8, 4) is 5.69 Å². The van der Waals surface area contributed by atoms with Gasteiger partial charge in [0.25, 0.3) is 0 Å². The first-order valence-corrected chi connectivity index (χ1v) is 9.86. The standard InChI is InChI=1S/C20H25N5OS/c1-13(2)25-18(8-9-22-25)23-19(26)16(5)27-20-21-10-11-24(20)17-7-6-14(3)15(4)12-17/h6-13,16H,1-5H3,(H,23,26). The largest absolute Gasteiger partial charge is 0.310 e. The zero-order chi connectivity index (χ0) is 19.6. The van der Waals surface area contributed by atoms with Crippen LogP contribution in [-0.4, -0.2) is 30.5 Å². The summed E-state index contributed by atoms with van der Waals surface area (Å²) in [5.74, 6) is 0.636. The molecule has 142 valence electrons. The van der Waals surface area contributed by atoms with Gasteiger partial charge >= 0.3 is 0 Å². The molecule has 1 atom stereocenters. The second kappa shape index (κ2) is 8.00. The van der Waals surface area contributed by atoms with Gasteiger partial charge in [-0.3, -0.25) is 9.36 Å². The molecule has 6 nitrogen and oxygen atoms in total. The van der Waals surface area contributed by atoms with Crippen molar-refractivity contribution in [2.75, 3.05) is 5.32 Å². The number of benzene rings is 1. The van der Waals surface area contributed by atoms with E-state index in [2.05, 4.69) is 47.4 Å². The minimum absolute atomic E-state index is 0.0722. The Morgan fingerprint density at radius 1 is 1.11 bits per heavy atom. The second-order valence-corrected chi connectivity index (χ2v) is 8.16. The van der Waals surface area contributed by atoms with Gasteiger partial charge in [0, 0.05) is 30.2 Å². The summed E-state index contributed by atoms with van der Waals surface area (Å²) in [4.78, 5) is 17.1. The van der Waals surface area contributed by atoms with Gasteiger partial charge in [-0.15, -0.1) is 0 Å². The van der Waals surface area contributed by atoms with Gasteiger partial charge in [0.1, 0.15) is 5.82 Å². The summed E-state index contributed by atoms with van der Waals surface area (Å²) in [7, 11) is 0. The molecule has 0 bridgehead atoms. The first kappa shape index (κ1) is 19.2. The van der Waals surface area contributed by atoms with Crippen molar-refractivity contribution in [3.05, 3.63) is 54.0 Å². The summed E-state index contributed by atoms with van der Waals surface area (Å²) in [6, 6.07) is 8.29. The number of imidazole rings is 1. The zero-order valence-corrected chi connectivity index (χ0v) is 17.1. The maximum absolute atomic E-state index is 12.6. The molecule has 0 aliphatic rings. The predicted molar refractivity (Wildman–Crippen MR) is 110 cm³/mol. The van der Waals surface area contributed by atoms with E-state index in [0.29, 0.717) is 5.82 Å². The topological polar surface area (TPSA) is 64.7 Å². The Hall–Kier alpha value is -2.54. The van der Waals surface area contributed by atoms with Crippen LogP contribution in [-0.2, 0) is 4.79 Å². The van der Waals surface area contributed by atoms with Crippen LogP contribution in [0.2, 0.25) is 0 Å². The van der Waals surface area contributed by atoms with Crippen LogP contribution in [0.15, 0.2) is 48.0 Å². The molecule has 0 saturated heterocycles. The Morgan fingerprint density at radius 2 is 1.89 bits per heavy atom. The summed E-state index contributed by atoms with van der Waals surface area (Å²) in [6.07, 6.45) is 5.38. The van der Waals surface area contributed by atoms with Crippen LogP contribution < -0.4 is 5.32 Å². The predicted octanol–water partition coefficient (Wildman–Crippen LogP) is 4.39. The molecule has 0 fully saturated rings. The molecule has 0 spiro atoms. The lowest BCUT2D eigenvalue weighted by Crippen LogP contribution is -2.25. The molecule has 27 heavy (non-hydrogen) atoms. The molecule has 3 aromatic rings. The van der Waals surface area contributed by atoms with Crippen LogP contribution in [0.4, 0.5) is 5.82 Å². The van der Waals surface area contributed by atoms with Crippen molar-refractivity contribution in [2.45, 2.75) is 51.1 Å². The van der Waals surface area contributed by atoms with E-state index < -0.39 is 0 Å². The molecule has 1 aromatic carbocycles. The van der Waals surface area contributed by atoms with E-state index >= 15 is 0 Å². The van der Waals surface area contributed by atoms with Crippen LogP contribution in [0, 0.1) is 13.8 Å². The molecular weight excluding hydrogens is 358 g/mol. The number of amides is 1. The number of aromatic nitrogens is 4. The highest BCUT2D eigenvalue weighted by Gasteiger charge is 2.19. The second-order valence-electron chi connectivity index (χ2n) is 6.85. The van der Waals surface area contributed by atoms with Gasteiger partial charge in [-0.2, -0.15) is 5.10 Å². The lowest BCUT2D eigenvalue weighted by Gasteiger charge is -2.15. The zero-order valence-electron chi connectivity index (χ0n) is 16.3. The molecule has 1 amide bonds. The average molecular weight is 384 g/mol. The minimum Gasteiger partial charge on any atom is -0.310 e. The average Bonchev–Trinajstić information content (AvgIpc) is 3.26. The van der Waals surface area contributed by atoms with Gasteiger partial charge in [-0.25, -0.2) is 9.67 Å². The van der Waals surface area contributed by atoms with Gasteiger partial charge in [0.2, 0.25) is 5.91 Å². The summed E-state index contributed by atoms with van der Waals surface area (Å²) in [5.41, 5.74) is 3.52. The Balaban J connectivity index is 1.74. The number of anilines is 1. The normalized spacial score (nSPS) is 12.4. The monoisotopic (exact) mass is 383 g/mol. The Bertz CT molecular complexity index is 944. The first-order chi connectivity index (χ1) is 12.9. The van der Waals surface area contributed by atoms with Crippen LogP contribution in [0.1, 0.15) is 37.9 Å². The molecule has 1 unspecified atom stereocenters. The van der Waals surface area contributed by atoms with E-state index in [0.717, 1.165) is 10.8 Å². The highest BCUT2D eigenvalue weighted by molar-refractivity contribution is 8.00. The third-order valence-corrected chi connectivity index (χ3v) is 5.52. The number of carbonyl (C=O) groups is 1. The quantitative estimate of drug-likeness (QED) is 0.641. The van der Waals surface area contributed by atoms with Gasteiger partial charge in [-0.05, 0) is 57.9 Å². The van der Waals surface area contributed by atoms with Crippen molar-refractivity contribution in [1.82, 2.24) is 19.3 Å². The first-order valence-electron chi connectivity index (χ1n) is 8.99. The van der Waals surface area contributed by atoms with Gasteiger partial charge in [-0.1, -0.05) is 17.8 Å². The number of rotatable bonds is 6. The molecule has 3 rings (SSSR count). The molecule has 7 heteroatoms. The number of thioether (sulfide) groups is 1. The maximum atomic E-state index is 12.6. The van der Waals surface area contributed by atoms with Gasteiger partial charge in [0.15, 0.2) is 5.16 Å². The highest BCUT2D eigenvalue weighted by atomic mass is 32.2. The Kier molecular flexibility index (Phi) is 5.70. The Morgan fingerprint density at radius 3 is 2.59 bits per heavy atom. The molecule has 1 N–H and O–H groups in total. The molecule has 0 saturated carbocycles. The molecule has 0 radical (unpaired) electrons.